The Bertz CT molecular complexity index is 258. The Labute approximate surface area is 95.0 Å². The summed E-state index contributed by atoms with van der Waals surface area (Å²) in [6.07, 6.45) is 1.89. The Morgan fingerprint density at radius 1 is 1.50 bits per heavy atom. The first-order valence-corrected chi connectivity index (χ1v) is 5.60. The summed E-state index contributed by atoms with van der Waals surface area (Å²) in [6, 6.07) is -0.410. The van der Waals surface area contributed by atoms with E-state index < -0.39 is 6.03 Å². The summed E-state index contributed by atoms with van der Waals surface area (Å²) in [5.41, 5.74) is 0. The van der Waals surface area contributed by atoms with Gasteiger partial charge in [0.15, 0.2) is 0 Å². The number of nitrogens with one attached hydrogen (secondary N) is 2. The van der Waals surface area contributed by atoms with Gasteiger partial charge in [0.05, 0.1) is 13.2 Å². The molecule has 1 fully saturated rings. The van der Waals surface area contributed by atoms with Crippen molar-refractivity contribution >= 4 is 11.9 Å². The third-order valence-electron chi connectivity index (χ3n) is 2.65. The Morgan fingerprint density at radius 3 is 2.88 bits per heavy atom. The number of urea groups is 1. The second-order valence-electron chi connectivity index (χ2n) is 3.86. The number of carbonyl (C=O) groups excluding carboxylic acids is 2. The lowest BCUT2D eigenvalue weighted by Gasteiger charge is -2.21. The molecule has 0 saturated carbocycles. The molecule has 0 unspecified atom stereocenters. The Kier molecular flexibility index (Phi) is 5.21. The predicted octanol–water partition coefficient (Wildman–Crippen LogP) is -0.711. The Morgan fingerprint density at radius 2 is 2.25 bits per heavy atom. The van der Waals surface area contributed by atoms with Crippen molar-refractivity contribution in [1.82, 2.24) is 15.5 Å². The summed E-state index contributed by atoms with van der Waals surface area (Å²) < 4.78 is 0. The van der Waals surface area contributed by atoms with E-state index in [1.165, 1.54) is 0 Å². The molecule has 1 rings (SSSR count). The van der Waals surface area contributed by atoms with Gasteiger partial charge in [0.2, 0.25) is 5.91 Å². The molecule has 0 spiro atoms. The lowest BCUT2D eigenvalue weighted by Crippen LogP contribution is -2.46. The van der Waals surface area contributed by atoms with Crippen LogP contribution >= 0.6 is 0 Å². The van der Waals surface area contributed by atoms with Crippen molar-refractivity contribution in [3.8, 4) is 0 Å². The fraction of sp³-hybridized carbons (Fsp3) is 0.800. The molecule has 0 radical (unpaired) electrons. The summed E-state index contributed by atoms with van der Waals surface area (Å²) in [6.45, 7) is 3.30. The molecule has 0 aromatic carbocycles. The first-order valence-electron chi connectivity index (χ1n) is 5.60. The van der Waals surface area contributed by atoms with Crippen LogP contribution < -0.4 is 10.6 Å². The minimum absolute atomic E-state index is 0.0555. The van der Waals surface area contributed by atoms with Gasteiger partial charge in [-0.25, -0.2) is 4.79 Å². The van der Waals surface area contributed by atoms with Gasteiger partial charge in [-0.05, 0) is 26.3 Å². The Balaban J connectivity index is 2.30. The number of aliphatic hydroxyl groups is 1. The molecule has 6 heteroatoms. The van der Waals surface area contributed by atoms with Gasteiger partial charge < -0.3 is 10.4 Å². The van der Waals surface area contributed by atoms with E-state index in [1.54, 1.807) is 6.92 Å². The van der Waals surface area contributed by atoms with Gasteiger partial charge >= 0.3 is 6.03 Å². The van der Waals surface area contributed by atoms with Crippen LogP contribution in [0.3, 0.4) is 0 Å². The number of rotatable bonds is 4. The zero-order valence-electron chi connectivity index (χ0n) is 9.53. The molecule has 0 aromatic heterocycles. The molecule has 6 nitrogen and oxygen atoms in total. The number of likely N-dealkylation sites (tertiary alicyclic amines) is 1. The first-order chi connectivity index (χ1) is 7.67. The van der Waals surface area contributed by atoms with Gasteiger partial charge in [-0.1, -0.05) is 0 Å². The maximum Gasteiger partial charge on any atom is 0.321 e. The molecular weight excluding hydrogens is 210 g/mol. The van der Waals surface area contributed by atoms with Gasteiger partial charge in [-0.15, -0.1) is 0 Å². The zero-order chi connectivity index (χ0) is 12.0. The molecule has 0 aliphatic carbocycles. The average molecular weight is 229 g/mol. The van der Waals surface area contributed by atoms with Crippen molar-refractivity contribution < 1.29 is 14.7 Å². The van der Waals surface area contributed by atoms with Crippen LogP contribution in [0.2, 0.25) is 0 Å². The lowest BCUT2D eigenvalue weighted by molar-refractivity contribution is -0.121. The van der Waals surface area contributed by atoms with E-state index >= 15 is 0 Å². The smallest absolute Gasteiger partial charge is 0.321 e. The van der Waals surface area contributed by atoms with Crippen molar-refractivity contribution in [3.05, 3.63) is 0 Å². The lowest BCUT2D eigenvalue weighted by atomic mass is 10.2. The van der Waals surface area contributed by atoms with Crippen LogP contribution in [0, 0.1) is 0 Å². The normalized spacial score (nSPS) is 20.8. The summed E-state index contributed by atoms with van der Waals surface area (Å²) in [5, 5.41) is 13.8. The third-order valence-corrected chi connectivity index (χ3v) is 2.65. The molecular formula is C10H19N3O3. The molecule has 1 saturated heterocycles. The maximum absolute atomic E-state index is 11.5. The van der Waals surface area contributed by atoms with E-state index in [0.717, 1.165) is 19.4 Å². The SMILES string of the molecule is CCNC(=O)NC(=O)CN1CCC[C@H]1CO. The second-order valence-corrected chi connectivity index (χ2v) is 3.86. The topological polar surface area (TPSA) is 81.7 Å². The third kappa shape index (κ3) is 3.79. The zero-order valence-corrected chi connectivity index (χ0v) is 9.53. The van der Waals surface area contributed by atoms with Crippen LogP contribution in [0.4, 0.5) is 4.79 Å². The number of imide groups is 1. The average Bonchev–Trinajstić information content (AvgIpc) is 2.65. The van der Waals surface area contributed by atoms with E-state index in [2.05, 4.69) is 10.6 Å². The van der Waals surface area contributed by atoms with E-state index in [1.807, 2.05) is 4.90 Å². The van der Waals surface area contributed by atoms with Crippen molar-refractivity contribution in [2.24, 2.45) is 0 Å². The van der Waals surface area contributed by atoms with Crippen LogP contribution in [-0.4, -0.2) is 54.2 Å². The molecule has 16 heavy (non-hydrogen) atoms. The van der Waals surface area contributed by atoms with Crippen molar-refractivity contribution in [2.75, 3.05) is 26.2 Å². The molecule has 1 heterocycles. The van der Waals surface area contributed by atoms with Gasteiger partial charge in [0.25, 0.3) is 0 Å². The summed E-state index contributed by atoms with van der Waals surface area (Å²) in [5.74, 6) is -0.327. The number of amides is 3. The highest BCUT2D eigenvalue weighted by Gasteiger charge is 2.25. The van der Waals surface area contributed by atoms with E-state index in [-0.39, 0.29) is 25.1 Å². The number of nitrogens with zero attached hydrogens (tertiary/aromatic N) is 1. The minimum atomic E-state index is -0.466. The van der Waals surface area contributed by atoms with Crippen LogP contribution in [0.5, 0.6) is 0 Å². The predicted molar refractivity (Wildman–Crippen MR) is 58.9 cm³/mol. The van der Waals surface area contributed by atoms with Gasteiger partial charge in [0.1, 0.15) is 0 Å². The quantitative estimate of drug-likeness (QED) is 0.595. The van der Waals surface area contributed by atoms with Gasteiger partial charge in [-0.2, -0.15) is 0 Å². The second kappa shape index (κ2) is 6.44. The fourth-order valence-electron chi connectivity index (χ4n) is 1.87. The molecule has 3 amide bonds. The molecule has 0 bridgehead atoms. The van der Waals surface area contributed by atoms with Crippen molar-refractivity contribution in [2.45, 2.75) is 25.8 Å². The molecule has 1 atom stereocenters. The van der Waals surface area contributed by atoms with Crippen molar-refractivity contribution in [1.29, 1.82) is 0 Å². The Hall–Kier alpha value is -1.14. The molecule has 3 N–H and O–H groups in total. The molecule has 1 aliphatic rings. The highest BCUT2D eigenvalue weighted by Crippen LogP contribution is 2.15. The number of aliphatic hydroxyl groups excluding tert-OH is 1. The molecule has 0 aromatic rings. The van der Waals surface area contributed by atoms with Crippen LogP contribution in [0.15, 0.2) is 0 Å². The molecule has 1 aliphatic heterocycles. The van der Waals surface area contributed by atoms with Crippen LogP contribution in [-0.2, 0) is 4.79 Å². The van der Waals surface area contributed by atoms with Gasteiger partial charge in [0, 0.05) is 12.6 Å². The number of hydrogen-bond donors (Lipinski definition) is 3. The molecule has 92 valence electrons. The maximum atomic E-state index is 11.5. The summed E-state index contributed by atoms with van der Waals surface area (Å²) >= 11 is 0. The largest absolute Gasteiger partial charge is 0.395 e. The monoisotopic (exact) mass is 229 g/mol. The van der Waals surface area contributed by atoms with E-state index in [0.29, 0.717) is 6.54 Å². The first kappa shape index (κ1) is 12.9. The standard InChI is InChI=1S/C10H19N3O3/c1-2-11-10(16)12-9(15)6-13-5-3-4-8(13)7-14/h8,14H,2-7H2,1H3,(H2,11,12,15,16)/t8-/m0/s1. The highest BCUT2D eigenvalue weighted by atomic mass is 16.3. The van der Waals surface area contributed by atoms with Gasteiger partial charge in [-0.3, -0.25) is 15.0 Å². The highest BCUT2D eigenvalue weighted by molar-refractivity contribution is 5.95. The number of carbonyl (C=O) groups is 2. The fourth-order valence-corrected chi connectivity index (χ4v) is 1.87. The van der Waals surface area contributed by atoms with E-state index in [9.17, 15) is 9.59 Å². The van der Waals surface area contributed by atoms with Crippen molar-refractivity contribution in [3.63, 3.8) is 0 Å². The number of hydrogen-bond acceptors (Lipinski definition) is 4. The minimum Gasteiger partial charge on any atom is -0.395 e. The van der Waals surface area contributed by atoms with Crippen LogP contribution in [0.1, 0.15) is 19.8 Å². The summed E-state index contributed by atoms with van der Waals surface area (Å²) in [7, 11) is 0. The van der Waals surface area contributed by atoms with Crippen LogP contribution in [0.25, 0.3) is 0 Å². The van der Waals surface area contributed by atoms with E-state index in [4.69, 9.17) is 5.11 Å². The summed E-state index contributed by atoms with van der Waals surface area (Å²) in [4.78, 5) is 24.4.